The molecule has 0 aliphatic rings. The molecule has 0 unspecified atom stereocenters. The first-order valence-electron chi connectivity index (χ1n) is 4.37. The molecular formula is C9H9BrN4S. The highest BCUT2D eigenvalue weighted by molar-refractivity contribution is 9.10. The van der Waals surface area contributed by atoms with Gasteiger partial charge in [-0.15, -0.1) is 11.3 Å². The molecule has 0 fully saturated rings. The van der Waals surface area contributed by atoms with E-state index in [9.17, 15) is 0 Å². The van der Waals surface area contributed by atoms with E-state index in [2.05, 4.69) is 36.2 Å². The maximum atomic E-state index is 4.24. The summed E-state index contributed by atoms with van der Waals surface area (Å²) < 4.78 is 0.873. The lowest BCUT2D eigenvalue weighted by Crippen LogP contribution is -2.02. The van der Waals surface area contributed by atoms with Crippen molar-refractivity contribution < 1.29 is 0 Å². The van der Waals surface area contributed by atoms with E-state index in [-0.39, 0.29) is 0 Å². The zero-order chi connectivity index (χ0) is 10.7. The van der Waals surface area contributed by atoms with Crippen molar-refractivity contribution in [3.8, 4) is 0 Å². The Bertz CT molecular complexity index is 440. The van der Waals surface area contributed by atoms with Gasteiger partial charge in [0.25, 0.3) is 0 Å². The summed E-state index contributed by atoms with van der Waals surface area (Å²) in [7, 11) is 0. The normalized spacial score (nSPS) is 10.3. The van der Waals surface area contributed by atoms with Crippen LogP contribution in [-0.4, -0.2) is 15.0 Å². The van der Waals surface area contributed by atoms with Crippen molar-refractivity contribution in [2.45, 2.75) is 13.5 Å². The van der Waals surface area contributed by atoms with Crippen molar-refractivity contribution in [1.29, 1.82) is 0 Å². The van der Waals surface area contributed by atoms with Crippen LogP contribution in [-0.2, 0) is 6.54 Å². The van der Waals surface area contributed by atoms with Crippen LogP contribution >= 0.6 is 27.3 Å². The lowest BCUT2D eigenvalue weighted by molar-refractivity contribution is 1.03. The van der Waals surface area contributed by atoms with Crippen molar-refractivity contribution in [3.05, 3.63) is 32.9 Å². The molecule has 2 rings (SSSR count). The number of aromatic nitrogens is 3. The molecule has 0 aliphatic carbocycles. The summed E-state index contributed by atoms with van der Waals surface area (Å²) in [6, 6.07) is 0. The highest BCUT2D eigenvalue weighted by atomic mass is 79.9. The molecule has 0 amide bonds. The minimum absolute atomic E-state index is 0.617. The molecule has 0 spiro atoms. The number of aryl methyl sites for hydroxylation is 1. The minimum atomic E-state index is 0.617. The molecule has 78 valence electrons. The van der Waals surface area contributed by atoms with Gasteiger partial charge in [-0.1, -0.05) is 0 Å². The van der Waals surface area contributed by atoms with Gasteiger partial charge in [0.2, 0.25) is 5.95 Å². The molecule has 0 aromatic carbocycles. The highest BCUT2D eigenvalue weighted by Gasteiger charge is 1.99. The Morgan fingerprint density at radius 1 is 1.27 bits per heavy atom. The van der Waals surface area contributed by atoms with Crippen LogP contribution in [0, 0.1) is 6.92 Å². The third-order valence-electron chi connectivity index (χ3n) is 1.69. The van der Waals surface area contributed by atoms with Gasteiger partial charge in [-0.3, -0.25) is 0 Å². The number of rotatable bonds is 3. The van der Waals surface area contributed by atoms with Crippen LogP contribution in [0.2, 0.25) is 0 Å². The molecular weight excluding hydrogens is 276 g/mol. The first-order valence-corrected chi connectivity index (χ1v) is 5.98. The molecule has 0 saturated heterocycles. The van der Waals surface area contributed by atoms with Crippen LogP contribution in [0.5, 0.6) is 0 Å². The second-order valence-electron chi connectivity index (χ2n) is 2.94. The molecule has 2 aromatic rings. The highest BCUT2D eigenvalue weighted by Crippen LogP contribution is 2.12. The fourth-order valence-corrected chi connectivity index (χ4v) is 1.97. The predicted molar refractivity (Wildman–Crippen MR) is 63.9 cm³/mol. The maximum absolute atomic E-state index is 4.24. The van der Waals surface area contributed by atoms with Gasteiger partial charge in [0.15, 0.2) is 0 Å². The predicted octanol–water partition coefficient (Wildman–Crippen LogP) is 2.62. The van der Waals surface area contributed by atoms with E-state index in [0.29, 0.717) is 12.5 Å². The molecule has 0 saturated carbocycles. The van der Waals surface area contributed by atoms with E-state index in [1.54, 1.807) is 23.7 Å². The number of anilines is 1. The van der Waals surface area contributed by atoms with Gasteiger partial charge in [-0.2, -0.15) is 0 Å². The Hall–Kier alpha value is -1.01. The molecule has 0 bridgehead atoms. The summed E-state index contributed by atoms with van der Waals surface area (Å²) in [6.07, 6.45) is 5.29. The van der Waals surface area contributed by atoms with Crippen molar-refractivity contribution in [3.63, 3.8) is 0 Å². The monoisotopic (exact) mass is 284 g/mol. The fraction of sp³-hybridized carbons (Fsp3) is 0.222. The molecule has 15 heavy (non-hydrogen) atoms. The summed E-state index contributed by atoms with van der Waals surface area (Å²) in [5.74, 6) is 0.617. The summed E-state index contributed by atoms with van der Waals surface area (Å²) in [6.45, 7) is 2.71. The third-order valence-corrected chi connectivity index (χ3v) is 3.01. The van der Waals surface area contributed by atoms with Crippen molar-refractivity contribution >= 4 is 33.2 Å². The van der Waals surface area contributed by atoms with Gasteiger partial charge in [-0.25, -0.2) is 15.0 Å². The van der Waals surface area contributed by atoms with Gasteiger partial charge in [0, 0.05) is 23.5 Å². The smallest absolute Gasteiger partial charge is 0.223 e. The topological polar surface area (TPSA) is 50.7 Å². The largest absolute Gasteiger partial charge is 0.348 e. The van der Waals surface area contributed by atoms with Crippen molar-refractivity contribution in [1.82, 2.24) is 15.0 Å². The molecule has 0 radical (unpaired) electrons. The average Bonchev–Trinajstić information content (AvgIpc) is 2.64. The van der Waals surface area contributed by atoms with Gasteiger partial charge in [-0.05, 0) is 22.9 Å². The van der Waals surface area contributed by atoms with E-state index in [1.807, 2.05) is 13.1 Å². The van der Waals surface area contributed by atoms with Gasteiger partial charge in [0.05, 0.1) is 11.0 Å². The molecule has 2 aromatic heterocycles. The van der Waals surface area contributed by atoms with E-state index in [4.69, 9.17) is 0 Å². The lowest BCUT2D eigenvalue weighted by atomic mass is 10.6. The molecule has 2 heterocycles. The Morgan fingerprint density at radius 2 is 2.00 bits per heavy atom. The maximum Gasteiger partial charge on any atom is 0.223 e. The molecule has 6 heteroatoms. The lowest BCUT2D eigenvalue weighted by Gasteiger charge is -2.00. The zero-order valence-electron chi connectivity index (χ0n) is 8.07. The Morgan fingerprint density at radius 3 is 2.60 bits per heavy atom. The SMILES string of the molecule is Cc1cnc(CNc2ncc(Br)cn2)s1. The van der Waals surface area contributed by atoms with Crippen LogP contribution in [0.15, 0.2) is 23.1 Å². The quantitative estimate of drug-likeness (QED) is 0.941. The number of hydrogen-bond acceptors (Lipinski definition) is 5. The molecule has 4 nitrogen and oxygen atoms in total. The van der Waals surface area contributed by atoms with Crippen molar-refractivity contribution in [2.75, 3.05) is 5.32 Å². The summed E-state index contributed by atoms with van der Waals surface area (Å²) in [4.78, 5) is 13.7. The fourth-order valence-electron chi connectivity index (χ4n) is 1.04. The Labute approximate surface area is 99.9 Å². The minimum Gasteiger partial charge on any atom is -0.348 e. The molecule has 1 N–H and O–H groups in total. The second-order valence-corrected chi connectivity index (χ2v) is 5.18. The van der Waals surface area contributed by atoms with Crippen LogP contribution in [0.25, 0.3) is 0 Å². The van der Waals surface area contributed by atoms with Crippen LogP contribution in [0.4, 0.5) is 5.95 Å². The van der Waals surface area contributed by atoms with Crippen molar-refractivity contribution in [2.24, 2.45) is 0 Å². The first-order chi connectivity index (χ1) is 7.24. The Balaban J connectivity index is 1.96. The van der Waals surface area contributed by atoms with Gasteiger partial charge in [0.1, 0.15) is 5.01 Å². The van der Waals surface area contributed by atoms with E-state index >= 15 is 0 Å². The summed E-state index contributed by atoms with van der Waals surface area (Å²) >= 11 is 4.95. The number of hydrogen-bond donors (Lipinski definition) is 1. The second kappa shape index (κ2) is 4.67. The van der Waals surface area contributed by atoms with E-state index in [1.165, 1.54) is 4.88 Å². The Kier molecular flexibility index (Phi) is 3.27. The number of nitrogens with one attached hydrogen (secondary N) is 1. The van der Waals surface area contributed by atoms with Crippen LogP contribution < -0.4 is 5.32 Å². The standard InChI is InChI=1S/C9H9BrN4S/c1-6-2-11-8(15-6)5-14-9-12-3-7(10)4-13-9/h2-4H,5H2,1H3,(H,12,13,14). The van der Waals surface area contributed by atoms with E-state index in [0.717, 1.165) is 9.48 Å². The first kappa shape index (κ1) is 10.5. The number of thiazole rings is 1. The van der Waals surface area contributed by atoms with Crippen LogP contribution in [0.3, 0.4) is 0 Å². The third kappa shape index (κ3) is 2.97. The molecule has 0 aliphatic heterocycles. The summed E-state index contributed by atoms with van der Waals surface area (Å²) in [5, 5.41) is 4.15. The number of nitrogens with zero attached hydrogens (tertiary/aromatic N) is 3. The van der Waals surface area contributed by atoms with Gasteiger partial charge >= 0.3 is 0 Å². The van der Waals surface area contributed by atoms with E-state index < -0.39 is 0 Å². The van der Waals surface area contributed by atoms with Crippen LogP contribution in [0.1, 0.15) is 9.88 Å². The average molecular weight is 285 g/mol. The molecule has 0 atom stereocenters. The summed E-state index contributed by atoms with van der Waals surface area (Å²) in [5.41, 5.74) is 0. The number of halogens is 1. The zero-order valence-corrected chi connectivity index (χ0v) is 10.5. The van der Waals surface area contributed by atoms with Gasteiger partial charge < -0.3 is 5.32 Å².